The van der Waals surface area contributed by atoms with Crippen LogP contribution >= 0.6 is 0 Å². The van der Waals surface area contributed by atoms with E-state index in [0.717, 1.165) is 94.7 Å². The van der Waals surface area contributed by atoms with Crippen molar-refractivity contribution in [3.63, 3.8) is 0 Å². The maximum absolute atomic E-state index is 11.7. The molecule has 1 N–H and O–H groups in total. The number of pyridine rings is 2. The van der Waals surface area contributed by atoms with Gasteiger partial charge in [0.1, 0.15) is 16.9 Å². The van der Waals surface area contributed by atoms with Crippen LogP contribution in [0.15, 0.2) is 180 Å². The summed E-state index contributed by atoms with van der Waals surface area (Å²) in [5, 5.41) is 13.8. The van der Waals surface area contributed by atoms with E-state index in [2.05, 4.69) is 181 Å². The van der Waals surface area contributed by atoms with E-state index >= 15 is 0 Å². The van der Waals surface area contributed by atoms with Crippen molar-refractivity contribution >= 4 is 21.9 Å². The van der Waals surface area contributed by atoms with Crippen molar-refractivity contribution in [3.05, 3.63) is 199 Å². The molecule has 0 unspecified atom stereocenters. The van der Waals surface area contributed by atoms with Crippen LogP contribution in [0.4, 0.5) is 0 Å². The molecule has 7 aromatic carbocycles. The Labute approximate surface area is 402 Å². The number of rotatable bonds is 7. The Morgan fingerprint density at radius 1 is 0.424 bits per heavy atom. The van der Waals surface area contributed by atoms with Gasteiger partial charge in [0, 0.05) is 65.6 Å². The average Bonchev–Trinajstić information content (AvgIpc) is 3.70. The Morgan fingerprint density at radius 3 is 1.53 bits per heavy atom. The molecular formula is C61H51N2O2Pt-. The zero-order chi connectivity index (χ0) is 45.0. The number of phenols is 1. The predicted molar refractivity (Wildman–Crippen MR) is 270 cm³/mol. The van der Waals surface area contributed by atoms with Gasteiger partial charge in [-0.05, 0) is 86.5 Å². The first-order valence-corrected chi connectivity index (χ1v) is 22.4. The molecule has 0 fully saturated rings. The van der Waals surface area contributed by atoms with Crippen LogP contribution in [0, 0.1) is 13.0 Å². The molecule has 0 aliphatic heterocycles. The summed E-state index contributed by atoms with van der Waals surface area (Å²) in [6, 6.07) is 64.5. The van der Waals surface area contributed by atoms with E-state index in [-0.39, 0.29) is 37.6 Å². The first-order valence-electron chi connectivity index (χ1n) is 22.4. The van der Waals surface area contributed by atoms with Crippen molar-refractivity contribution in [2.24, 2.45) is 0 Å². The van der Waals surface area contributed by atoms with Crippen LogP contribution in [0.3, 0.4) is 0 Å². The zero-order valence-electron chi connectivity index (χ0n) is 38.3. The molecule has 0 radical (unpaired) electrons. The first kappa shape index (κ1) is 44.3. The van der Waals surface area contributed by atoms with Gasteiger partial charge in [-0.3, -0.25) is 9.97 Å². The Bertz CT molecular complexity index is 3380. The number of aromatic hydroxyl groups is 1. The molecule has 3 heterocycles. The number of hydrogen-bond donors (Lipinski definition) is 1. The summed E-state index contributed by atoms with van der Waals surface area (Å²) in [6.45, 7) is 15.6. The number of hydrogen-bond acceptors (Lipinski definition) is 4. The molecule has 0 bridgehead atoms. The van der Waals surface area contributed by atoms with Gasteiger partial charge in [-0.2, -0.15) is 0 Å². The van der Waals surface area contributed by atoms with E-state index in [1.54, 1.807) is 0 Å². The second-order valence-electron chi connectivity index (χ2n) is 19.2. The number of furan rings is 1. The third-order valence-corrected chi connectivity index (χ3v) is 12.4. The van der Waals surface area contributed by atoms with Gasteiger partial charge in [0.15, 0.2) is 0 Å². The third-order valence-electron chi connectivity index (χ3n) is 12.4. The fraction of sp³-hybridized carbons (Fsp3) is 0.148. The minimum absolute atomic E-state index is 0. The van der Waals surface area contributed by atoms with Crippen LogP contribution in [-0.2, 0) is 31.9 Å². The number of benzene rings is 7. The summed E-state index contributed by atoms with van der Waals surface area (Å²) in [4.78, 5) is 10.3. The summed E-state index contributed by atoms with van der Waals surface area (Å²) in [7, 11) is 0. The van der Waals surface area contributed by atoms with Gasteiger partial charge in [0.25, 0.3) is 0 Å². The van der Waals surface area contributed by atoms with Gasteiger partial charge < -0.3 is 9.52 Å². The predicted octanol–water partition coefficient (Wildman–Crippen LogP) is 16.5. The van der Waals surface area contributed by atoms with E-state index in [1.807, 2.05) is 49.4 Å². The van der Waals surface area contributed by atoms with Crippen LogP contribution in [-0.4, -0.2) is 15.1 Å². The SMILES string of the molecule is Cc1cc(-c2cccc3c2oc2c(-c4ccccc4)cccc23)cc(-c2[c-]c(-c3cc(-c4cc(C(C)(C)C)cc(C(C)(C)C)c4)cc(-c4ccc(-c5ccccc5)cc4O)n3)ccc2)n1.[Pt]. The van der Waals surface area contributed by atoms with Gasteiger partial charge in [0.2, 0.25) is 0 Å². The molecule has 66 heavy (non-hydrogen) atoms. The number of nitrogens with zero attached hydrogens (tertiary/aromatic N) is 2. The third kappa shape index (κ3) is 8.66. The molecule has 10 aromatic rings. The van der Waals surface area contributed by atoms with Crippen molar-refractivity contribution in [2.45, 2.75) is 59.3 Å². The summed E-state index contributed by atoms with van der Waals surface area (Å²) in [5.74, 6) is 0.172. The second kappa shape index (κ2) is 17.5. The van der Waals surface area contributed by atoms with Gasteiger partial charge in [-0.25, -0.2) is 0 Å². The van der Waals surface area contributed by atoms with Gasteiger partial charge in [-0.1, -0.05) is 186 Å². The number of fused-ring (bicyclic) bond motifs is 3. The van der Waals surface area contributed by atoms with Gasteiger partial charge in [-0.15, -0.1) is 24.3 Å². The summed E-state index contributed by atoms with van der Waals surface area (Å²) >= 11 is 0. The quantitative estimate of drug-likeness (QED) is 0.162. The van der Waals surface area contributed by atoms with Crippen LogP contribution in [0.5, 0.6) is 5.75 Å². The summed E-state index contributed by atoms with van der Waals surface area (Å²) < 4.78 is 6.82. The largest absolute Gasteiger partial charge is 0.507 e. The van der Waals surface area contributed by atoms with Crippen molar-refractivity contribution in [2.75, 3.05) is 0 Å². The van der Waals surface area contributed by atoms with Crippen LogP contribution < -0.4 is 0 Å². The summed E-state index contributed by atoms with van der Waals surface area (Å²) in [5.41, 5.74) is 17.9. The van der Waals surface area contributed by atoms with Gasteiger partial charge in [0.05, 0.1) is 5.69 Å². The molecule has 3 aromatic heterocycles. The Hall–Kier alpha value is -6.87. The Balaban J connectivity index is 0.00000548. The monoisotopic (exact) mass is 1040 g/mol. The first-order chi connectivity index (χ1) is 31.3. The maximum Gasteiger partial charge on any atom is 0.143 e. The fourth-order valence-corrected chi connectivity index (χ4v) is 8.81. The van der Waals surface area contributed by atoms with E-state index in [1.165, 1.54) is 11.1 Å². The molecule has 0 saturated carbocycles. The van der Waals surface area contributed by atoms with E-state index in [9.17, 15) is 5.11 Å². The molecule has 0 saturated heterocycles. The maximum atomic E-state index is 11.7. The number of para-hydroxylation sites is 2. The van der Waals surface area contributed by atoms with Gasteiger partial charge >= 0.3 is 0 Å². The van der Waals surface area contributed by atoms with Crippen LogP contribution in [0.2, 0.25) is 0 Å². The number of aromatic nitrogens is 2. The molecule has 5 heteroatoms. The average molecular weight is 1040 g/mol. The normalized spacial score (nSPS) is 11.8. The molecule has 10 rings (SSSR count). The Morgan fingerprint density at radius 2 is 0.939 bits per heavy atom. The van der Waals surface area contributed by atoms with Crippen molar-refractivity contribution in [3.8, 4) is 84.0 Å². The fourth-order valence-electron chi connectivity index (χ4n) is 8.81. The minimum atomic E-state index is -0.0664. The van der Waals surface area contributed by atoms with Crippen LogP contribution in [0.25, 0.3) is 100 Å². The van der Waals surface area contributed by atoms with Crippen molar-refractivity contribution < 1.29 is 30.6 Å². The van der Waals surface area contributed by atoms with E-state index in [0.29, 0.717) is 11.3 Å². The van der Waals surface area contributed by atoms with Crippen LogP contribution in [0.1, 0.15) is 58.4 Å². The molecule has 4 nitrogen and oxygen atoms in total. The molecule has 0 amide bonds. The minimum Gasteiger partial charge on any atom is -0.507 e. The Kier molecular flexibility index (Phi) is 11.8. The molecule has 0 atom stereocenters. The van der Waals surface area contributed by atoms with Crippen molar-refractivity contribution in [1.82, 2.24) is 9.97 Å². The number of aryl methyl sites for hydroxylation is 1. The second-order valence-corrected chi connectivity index (χ2v) is 19.2. The molecule has 0 spiro atoms. The summed E-state index contributed by atoms with van der Waals surface area (Å²) in [6.07, 6.45) is 0. The molecule has 0 aliphatic rings. The van der Waals surface area contributed by atoms with Crippen molar-refractivity contribution in [1.29, 1.82) is 0 Å². The zero-order valence-corrected chi connectivity index (χ0v) is 40.6. The smallest absolute Gasteiger partial charge is 0.143 e. The molecule has 328 valence electrons. The topological polar surface area (TPSA) is 59.2 Å². The number of phenolic OH excluding ortho intramolecular Hbond substituents is 1. The van der Waals surface area contributed by atoms with E-state index in [4.69, 9.17) is 14.4 Å². The van der Waals surface area contributed by atoms with E-state index < -0.39 is 0 Å². The molecular weight excluding hydrogens is 988 g/mol. The standard InChI is InChI=1S/C61H51N2O2.Pt/c1-38-29-46(50-24-16-26-52-51-25-15-23-49(58(51)65-59(50)52)40-19-12-9-13-20-40)35-54(62-38)42-21-14-22-43(30-42)55-33-45(44-31-47(60(2,3)4)37-48(32-44)61(5,6)7)34-56(63-55)53-28-27-41(36-57(53)64)39-17-10-8-11-18-39;/h8-29,31-37,64H,1-7H3;/q-1;. The molecule has 0 aliphatic carbocycles.